The molecule has 0 unspecified atom stereocenters. The predicted molar refractivity (Wildman–Crippen MR) is 87.5 cm³/mol. The second-order valence-corrected chi connectivity index (χ2v) is 7.97. The molecular formula is C16H21NO7S. The van der Waals surface area contributed by atoms with Crippen molar-refractivity contribution >= 4 is 22.0 Å². The average Bonchev–Trinajstić information content (AvgIpc) is 2.97. The maximum Gasteiger partial charge on any atom is 0.337 e. The van der Waals surface area contributed by atoms with E-state index < -0.39 is 27.9 Å². The molecule has 0 spiro atoms. The number of rotatable bonds is 6. The number of nitrogens with zero attached hydrogens (tertiary/aromatic N) is 1. The molecule has 0 radical (unpaired) electrons. The highest BCUT2D eigenvalue weighted by Gasteiger charge is 2.41. The van der Waals surface area contributed by atoms with E-state index in [-0.39, 0.29) is 36.1 Å². The summed E-state index contributed by atoms with van der Waals surface area (Å²) in [6.45, 7) is 1.85. The van der Waals surface area contributed by atoms with E-state index in [1.54, 1.807) is 6.92 Å². The molecule has 0 aromatic heterocycles. The van der Waals surface area contributed by atoms with Gasteiger partial charge in [0.05, 0.1) is 30.1 Å². The predicted octanol–water partition coefficient (Wildman–Crippen LogP) is 0.961. The summed E-state index contributed by atoms with van der Waals surface area (Å²) in [5.74, 6) is -2.73. The summed E-state index contributed by atoms with van der Waals surface area (Å²) in [5.41, 5.74) is 0.601. The van der Waals surface area contributed by atoms with E-state index in [0.29, 0.717) is 5.56 Å². The van der Waals surface area contributed by atoms with Crippen LogP contribution in [0.4, 0.5) is 0 Å². The van der Waals surface area contributed by atoms with Crippen molar-refractivity contribution in [2.45, 2.75) is 18.4 Å². The van der Waals surface area contributed by atoms with E-state index in [9.17, 15) is 23.1 Å². The lowest BCUT2D eigenvalue weighted by molar-refractivity contribution is -0.142. The van der Waals surface area contributed by atoms with Gasteiger partial charge in [-0.3, -0.25) is 4.79 Å². The van der Waals surface area contributed by atoms with E-state index in [4.69, 9.17) is 4.74 Å². The molecule has 1 fully saturated rings. The van der Waals surface area contributed by atoms with Crippen LogP contribution in [0.15, 0.2) is 23.1 Å². The minimum atomic E-state index is -3.94. The first-order chi connectivity index (χ1) is 11.7. The number of carbonyl (C=O) groups is 2. The Hall–Kier alpha value is -1.97. The molecule has 1 N–H and O–H groups in total. The summed E-state index contributed by atoms with van der Waals surface area (Å²) in [4.78, 5) is 23.0. The molecule has 2 rings (SSSR count). The average molecular weight is 371 g/mol. The lowest BCUT2D eigenvalue weighted by Crippen LogP contribution is -2.30. The van der Waals surface area contributed by atoms with Crippen LogP contribution in [-0.2, 0) is 30.9 Å². The Bertz CT molecular complexity index is 775. The number of hydrogen-bond donors (Lipinski definition) is 1. The molecule has 25 heavy (non-hydrogen) atoms. The van der Waals surface area contributed by atoms with E-state index in [1.807, 2.05) is 0 Å². The number of carboxylic acid groups (broad SMARTS) is 1. The highest BCUT2D eigenvalue weighted by atomic mass is 32.2. The Morgan fingerprint density at radius 3 is 2.44 bits per heavy atom. The molecule has 138 valence electrons. The molecule has 0 bridgehead atoms. The highest BCUT2D eigenvalue weighted by Crippen LogP contribution is 2.29. The van der Waals surface area contributed by atoms with Crippen molar-refractivity contribution in [3.63, 3.8) is 0 Å². The van der Waals surface area contributed by atoms with Gasteiger partial charge in [0.25, 0.3) is 0 Å². The van der Waals surface area contributed by atoms with Gasteiger partial charge in [-0.1, -0.05) is 6.92 Å². The zero-order valence-electron chi connectivity index (χ0n) is 14.3. The summed E-state index contributed by atoms with van der Waals surface area (Å²) in [6.07, 6.45) is 0. The lowest BCUT2D eigenvalue weighted by atomic mass is 9.99. The van der Waals surface area contributed by atoms with Crippen molar-refractivity contribution in [3.8, 4) is 0 Å². The molecular weight excluding hydrogens is 350 g/mol. The highest BCUT2D eigenvalue weighted by molar-refractivity contribution is 7.89. The largest absolute Gasteiger partial charge is 0.481 e. The third-order valence-corrected chi connectivity index (χ3v) is 6.04. The third-order valence-electron chi connectivity index (χ3n) is 4.23. The molecule has 1 aromatic rings. The Morgan fingerprint density at radius 2 is 1.92 bits per heavy atom. The van der Waals surface area contributed by atoms with Crippen LogP contribution in [0.3, 0.4) is 0 Å². The second kappa shape index (κ2) is 7.51. The van der Waals surface area contributed by atoms with Gasteiger partial charge in [-0.25, -0.2) is 13.2 Å². The van der Waals surface area contributed by atoms with E-state index >= 15 is 0 Å². The van der Waals surface area contributed by atoms with Crippen molar-refractivity contribution in [3.05, 3.63) is 29.3 Å². The summed E-state index contributed by atoms with van der Waals surface area (Å²) in [5, 5.41) is 9.20. The fourth-order valence-electron chi connectivity index (χ4n) is 2.88. The third kappa shape index (κ3) is 4.00. The Labute approximate surface area is 146 Å². The molecule has 1 aromatic carbocycles. The minimum Gasteiger partial charge on any atom is -0.481 e. The van der Waals surface area contributed by atoms with Gasteiger partial charge in [-0.15, -0.1) is 0 Å². The number of esters is 1. The quantitative estimate of drug-likeness (QED) is 0.742. The summed E-state index contributed by atoms with van der Waals surface area (Å²) in [6, 6.07) is 4.16. The van der Waals surface area contributed by atoms with Crippen molar-refractivity contribution in [2.24, 2.45) is 11.8 Å². The first-order valence-corrected chi connectivity index (χ1v) is 9.09. The van der Waals surface area contributed by atoms with E-state index in [2.05, 4.69) is 4.74 Å². The molecule has 0 aliphatic carbocycles. The standard InChI is InChI=1S/C16H21NO7S/c1-10-7-17(8-14(10)15(18)19)25(21,22)13-5-11(9-23-2)4-12(6-13)16(20)24-3/h4-6,10,14H,7-9H2,1-3H3,(H,18,19)/t10-,14-/m1/s1. The number of methoxy groups -OCH3 is 2. The van der Waals surface area contributed by atoms with Crippen LogP contribution in [0.2, 0.25) is 0 Å². The SMILES string of the molecule is COCc1cc(C(=O)OC)cc(S(=O)(=O)N2C[C@@H](C)[C@H](C(=O)O)C2)c1. The van der Waals surface area contributed by atoms with Crippen LogP contribution in [0.25, 0.3) is 0 Å². The van der Waals surface area contributed by atoms with Gasteiger partial charge in [0.1, 0.15) is 0 Å². The second-order valence-electron chi connectivity index (χ2n) is 6.03. The molecule has 1 saturated heterocycles. The zero-order valence-corrected chi connectivity index (χ0v) is 15.1. The molecule has 0 amide bonds. The fraction of sp³-hybridized carbons (Fsp3) is 0.500. The van der Waals surface area contributed by atoms with Crippen molar-refractivity contribution in [2.75, 3.05) is 27.3 Å². The van der Waals surface area contributed by atoms with Crippen LogP contribution in [-0.4, -0.2) is 57.1 Å². The summed E-state index contributed by atoms with van der Waals surface area (Å²) in [7, 11) is -1.27. The van der Waals surface area contributed by atoms with Gasteiger partial charge >= 0.3 is 11.9 Å². The van der Waals surface area contributed by atoms with Crippen molar-refractivity contribution in [1.29, 1.82) is 0 Å². The molecule has 2 atom stereocenters. The maximum absolute atomic E-state index is 12.9. The van der Waals surface area contributed by atoms with Gasteiger partial charge in [0.15, 0.2) is 0 Å². The van der Waals surface area contributed by atoms with Gasteiger partial charge in [-0.05, 0) is 29.7 Å². The molecule has 1 aliphatic heterocycles. The van der Waals surface area contributed by atoms with Crippen LogP contribution in [0.1, 0.15) is 22.8 Å². The number of carbonyl (C=O) groups excluding carboxylic acids is 1. The molecule has 1 heterocycles. The van der Waals surface area contributed by atoms with Crippen LogP contribution >= 0.6 is 0 Å². The monoisotopic (exact) mass is 371 g/mol. The van der Waals surface area contributed by atoms with Gasteiger partial charge in [-0.2, -0.15) is 4.31 Å². The topological polar surface area (TPSA) is 110 Å². The van der Waals surface area contributed by atoms with Gasteiger partial charge in [0.2, 0.25) is 10.0 Å². The van der Waals surface area contributed by atoms with Crippen LogP contribution in [0, 0.1) is 11.8 Å². The van der Waals surface area contributed by atoms with Crippen molar-refractivity contribution < 1.29 is 32.6 Å². The molecule has 8 nitrogen and oxygen atoms in total. The first-order valence-electron chi connectivity index (χ1n) is 7.65. The maximum atomic E-state index is 12.9. The molecule has 1 aliphatic rings. The van der Waals surface area contributed by atoms with Gasteiger partial charge in [0, 0.05) is 20.2 Å². The number of aliphatic carboxylic acids is 1. The number of benzene rings is 1. The number of hydrogen-bond acceptors (Lipinski definition) is 6. The molecule has 0 saturated carbocycles. The Kier molecular flexibility index (Phi) is 5.81. The minimum absolute atomic E-state index is 0.0827. The Balaban J connectivity index is 2.43. The van der Waals surface area contributed by atoms with E-state index in [1.165, 1.54) is 32.4 Å². The summed E-state index contributed by atoms with van der Waals surface area (Å²) < 4.78 is 36.6. The number of ether oxygens (including phenoxy) is 2. The van der Waals surface area contributed by atoms with Crippen LogP contribution < -0.4 is 0 Å². The normalized spacial score (nSPS) is 21.2. The van der Waals surface area contributed by atoms with Crippen molar-refractivity contribution in [1.82, 2.24) is 4.31 Å². The zero-order chi connectivity index (χ0) is 18.8. The van der Waals surface area contributed by atoms with E-state index in [0.717, 1.165) is 4.31 Å². The number of carboxylic acids is 1. The lowest BCUT2D eigenvalue weighted by Gasteiger charge is -2.17. The Morgan fingerprint density at radius 1 is 1.24 bits per heavy atom. The first kappa shape index (κ1) is 19.4. The number of sulfonamides is 1. The molecule has 9 heteroatoms. The fourth-order valence-corrected chi connectivity index (χ4v) is 4.55. The van der Waals surface area contributed by atoms with Crippen LogP contribution in [0.5, 0.6) is 0 Å². The van der Waals surface area contributed by atoms with Gasteiger partial charge < -0.3 is 14.6 Å². The smallest absolute Gasteiger partial charge is 0.337 e. The summed E-state index contributed by atoms with van der Waals surface area (Å²) >= 11 is 0.